The number of thioether (sulfide) groups is 1. The van der Waals surface area contributed by atoms with E-state index in [-0.39, 0.29) is 0 Å². The Bertz CT molecular complexity index is 468. The van der Waals surface area contributed by atoms with E-state index < -0.39 is 0 Å². The highest BCUT2D eigenvalue weighted by molar-refractivity contribution is 8.03. The van der Waals surface area contributed by atoms with Crippen molar-refractivity contribution in [2.45, 2.75) is 33.1 Å². The van der Waals surface area contributed by atoms with Crippen LogP contribution in [0.2, 0.25) is 5.02 Å². The van der Waals surface area contributed by atoms with E-state index in [1.807, 2.05) is 19.9 Å². The van der Waals surface area contributed by atoms with Gasteiger partial charge in [0.25, 0.3) is 0 Å². The number of halogens is 1. The van der Waals surface area contributed by atoms with Gasteiger partial charge >= 0.3 is 0 Å². The molecule has 1 unspecified atom stereocenters. The van der Waals surface area contributed by atoms with Crippen LogP contribution in [0.25, 0.3) is 0 Å². The summed E-state index contributed by atoms with van der Waals surface area (Å²) in [4.78, 5) is 0. The minimum Gasteiger partial charge on any atom is -0.496 e. The van der Waals surface area contributed by atoms with E-state index in [0.29, 0.717) is 5.92 Å². The van der Waals surface area contributed by atoms with Gasteiger partial charge in [-0.15, -0.1) is 0 Å². The van der Waals surface area contributed by atoms with Crippen LogP contribution in [0.5, 0.6) is 5.75 Å². The van der Waals surface area contributed by atoms with E-state index in [9.17, 15) is 0 Å². The summed E-state index contributed by atoms with van der Waals surface area (Å²) < 4.78 is 5.51. The predicted molar refractivity (Wildman–Crippen MR) is 78.6 cm³/mol. The predicted octanol–water partition coefficient (Wildman–Crippen LogP) is 4.67. The zero-order valence-corrected chi connectivity index (χ0v) is 12.8. The molecule has 1 aromatic carbocycles. The maximum atomic E-state index is 8.56. The Hall–Kier alpha value is -0.850. The van der Waals surface area contributed by atoms with Gasteiger partial charge in [0.05, 0.1) is 7.11 Å². The van der Waals surface area contributed by atoms with Crippen LogP contribution in [0.15, 0.2) is 6.07 Å². The van der Waals surface area contributed by atoms with Gasteiger partial charge in [0.2, 0.25) is 0 Å². The first-order valence-electron chi connectivity index (χ1n) is 5.87. The number of methoxy groups -OCH3 is 1. The van der Waals surface area contributed by atoms with Crippen LogP contribution in [0.3, 0.4) is 0 Å². The minimum absolute atomic E-state index is 0.332. The smallest absolute Gasteiger partial charge is 0.133 e. The first kappa shape index (κ1) is 15.2. The van der Waals surface area contributed by atoms with Gasteiger partial charge in [-0.05, 0) is 55.1 Å². The molecular weight excluding hydrogens is 266 g/mol. The SMILES string of the molecule is COc1c(C)cc(Cl)c(C)c1C(C)CCSC#N. The Morgan fingerprint density at radius 1 is 1.50 bits per heavy atom. The first-order chi connectivity index (χ1) is 8.52. The van der Waals surface area contributed by atoms with Crippen molar-refractivity contribution in [3.05, 3.63) is 27.8 Å². The highest BCUT2D eigenvalue weighted by Gasteiger charge is 2.18. The Morgan fingerprint density at radius 2 is 2.17 bits per heavy atom. The molecule has 0 aliphatic rings. The Balaban J connectivity index is 3.09. The van der Waals surface area contributed by atoms with Gasteiger partial charge in [0, 0.05) is 16.3 Å². The maximum Gasteiger partial charge on any atom is 0.133 e. The molecule has 0 saturated heterocycles. The lowest BCUT2D eigenvalue weighted by atomic mass is 9.91. The topological polar surface area (TPSA) is 33.0 Å². The number of benzene rings is 1. The van der Waals surface area contributed by atoms with Crippen molar-refractivity contribution in [2.75, 3.05) is 12.9 Å². The van der Waals surface area contributed by atoms with Gasteiger partial charge < -0.3 is 4.74 Å². The molecule has 0 aliphatic carbocycles. The third-order valence-electron chi connectivity index (χ3n) is 3.12. The van der Waals surface area contributed by atoms with Crippen molar-refractivity contribution in [1.29, 1.82) is 5.26 Å². The summed E-state index contributed by atoms with van der Waals surface area (Å²) in [7, 11) is 1.69. The lowest BCUT2D eigenvalue weighted by molar-refractivity contribution is 0.402. The number of ether oxygens (including phenoxy) is 1. The molecule has 0 saturated carbocycles. The largest absolute Gasteiger partial charge is 0.496 e. The van der Waals surface area contributed by atoms with E-state index in [1.54, 1.807) is 7.11 Å². The quantitative estimate of drug-likeness (QED) is 0.581. The van der Waals surface area contributed by atoms with Crippen LogP contribution in [0.4, 0.5) is 0 Å². The fourth-order valence-electron chi connectivity index (χ4n) is 2.17. The second-order valence-electron chi connectivity index (χ2n) is 4.38. The van der Waals surface area contributed by atoms with Crippen LogP contribution in [0, 0.1) is 24.5 Å². The van der Waals surface area contributed by atoms with Crippen LogP contribution in [-0.2, 0) is 0 Å². The van der Waals surface area contributed by atoms with E-state index in [1.165, 1.54) is 17.3 Å². The van der Waals surface area contributed by atoms with E-state index in [2.05, 4.69) is 12.3 Å². The molecule has 18 heavy (non-hydrogen) atoms. The minimum atomic E-state index is 0.332. The average molecular weight is 284 g/mol. The molecule has 0 radical (unpaired) electrons. The van der Waals surface area contributed by atoms with Crippen molar-refractivity contribution < 1.29 is 4.74 Å². The summed E-state index contributed by atoms with van der Waals surface area (Å²) >= 11 is 7.53. The van der Waals surface area contributed by atoms with Gasteiger partial charge in [-0.3, -0.25) is 0 Å². The van der Waals surface area contributed by atoms with Crippen molar-refractivity contribution in [2.24, 2.45) is 0 Å². The lowest BCUT2D eigenvalue weighted by Crippen LogP contribution is -2.04. The molecule has 0 amide bonds. The van der Waals surface area contributed by atoms with Gasteiger partial charge in [0.15, 0.2) is 0 Å². The molecule has 1 aromatic rings. The number of hydrogen-bond acceptors (Lipinski definition) is 3. The summed E-state index contributed by atoms with van der Waals surface area (Å²) in [6.07, 6.45) is 0.940. The third-order valence-corrected chi connectivity index (χ3v) is 4.08. The molecule has 0 heterocycles. The monoisotopic (exact) mass is 283 g/mol. The number of nitrogens with zero attached hydrogens (tertiary/aromatic N) is 1. The molecule has 98 valence electrons. The Morgan fingerprint density at radius 3 is 2.72 bits per heavy atom. The molecule has 1 rings (SSSR count). The van der Waals surface area contributed by atoms with Gasteiger partial charge in [-0.2, -0.15) is 5.26 Å². The van der Waals surface area contributed by atoms with Gasteiger partial charge in [0.1, 0.15) is 11.2 Å². The highest BCUT2D eigenvalue weighted by Crippen LogP contribution is 2.38. The second kappa shape index (κ2) is 6.92. The fourth-order valence-corrected chi connectivity index (χ4v) is 2.99. The number of hydrogen-bond donors (Lipinski definition) is 0. The second-order valence-corrected chi connectivity index (χ2v) is 5.66. The van der Waals surface area contributed by atoms with Crippen molar-refractivity contribution in [1.82, 2.24) is 0 Å². The summed E-state index contributed by atoms with van der Waals surface area (Å²) in [5.41, 5.74) is 3.30. The molecular formula is C14H18ClNOS. The molecule has 0 aromatic heterocycles. The standard InChI is InChI=1S/C14H18ClNOS/c1-9(5-6-18-8-16)13-11(3)12(15)7-10(2)14(13)17-4/h7,9H,5-6H2,1-4H3. The number of nitriles is 1. The van der Waals surface area contributed by atoms with Crippen molar-refractivity contribution in [3.63, 3.8) is 0 Å². The first-order valence-corrected chi connectivity index (χ1v) is 7.23. The third kappa shape index (κ3) is 3.34. The lowest BCUT2D eigenvalue weighted by Gasteiger charge is -2.20. The van der Waals surface area contributed by atoms with E-state index in [0.717, 1.165) is 34.1 Å². The summed E-state index contributed by atoms with van der Waals surface area (Å²) in [6.45, 7) is 6.18. The molecule has 1 atom stereocenters. The molecule has 4 heteroatoms. The maximum absolute atomic E-state index is 8.56. The summed E-state index contributed by atoms with van der Waals surface area (Å²) in [5.74, 6) is 2.08. The molecule has 0 N–H and O–H groups in total. The van der Waals surface area contributed by atoms with Crippen LogP contribution in [0.1, 0.15) is 36.0 Å². The zero-order chi connectivity index (χ0) is 13.7. The fraction of sp³-hybridized carbons (Fsp3) is 0.500. The normalized spacial score (nSPS) is 12.0. The van der Waals surface area contributed by atoms with E-state index in [4.69, 9.17) is 21.6 Å². The van der Waals surface area contributed by atoms with E-state index >= 15 is 0 Å². The van der Waals surface area contributed by atoms with Crippen molar-refractivity contribution >= 4 is 23.4 Å². The van der Waals surface area contributed by atoms with Crippen LogP contribution >= 0.6 is 23.4 Å². The molecule has 2 nitrogen and oxygen atoms in total. The number of thiocyanates is 1. The molecule has 0 bridgehead atoms. The Labute approximate surface area is 118 Å². The van der Waals surface area contributed by atoms with Crippen molar-refractivity contribution in [3.8, 4) is 11.2 Å². The molecule has 0 fully saturated rings. The highest BCUT2D eigenvalue weighted by atomic mass is 35.5. The molecule has 0 spiro atoms. The number of aryl methyl sites for hydroxylation is 1. The Kier molecular flexibility index (Phi) is 5.84. The van der Waals surface area contributed by atoms with Gasteiger partial charge in [-0.1, -0.05) is 18.5 Å². The van der Waals surface area contributed by atoms with Gasteiger partial charge in [-0.25, -0.2) is 0 Å². The van der Waals surface area contributed by atoms with Crippen LogP contribution in [-0.4, -0.2) is 12.9 Å². The molecule has 0 aliphatic heterocycles. The van der Waals surface area contributed by atoms with Crippen LogP contribution < -0.4 is 4.74 Å². The average Bonchev–Trinajstić information content (AvgIpc) is 2.33. The summed E-state index contributed by atoms with van der Waals surface area (Å²) in [5, 5.41) is 11.4. The number of rotatable bonds is 5. The zero-order valence-electron chi connectivity index (χ0n) is 11.2. The summed E-state index contributed by atoms with van der Waals surface area (Å²) in [6, 6.07) is 1.94.